The third kappa shape index (κ3) is 3.37. The van der Waals surface area contributed by atoms with Gasteiger partial charge in [-0.1, -0.05) is 25.5 Å². The Morgan fingerprint density at radius 2 is 2.16 bits per heavy atom. The lowest BCUT2D eigenvalue weighted by Crippen LogP contribution is -2.23. The first-order valence-corrected chi connectivity index (χ1v) is 6.64. The largest absolute Gasteiger partial charge is 0.478 e. The van der Waals surface area contributed by atoms with Gasteiger partial charge in [0.15, 0.2) is 0 Å². The smallest absolute Gasteiger partial charge is 0.328 e. The average molecular weight is 259 g/mol. The second-order valence-corrected chi connectivity index (χ2v) is 6.07. The van der Waals surface area contributed by atoms with Gasteiger partial charge < -0.3 is 10.0 Å². The number of rotatable bonds is 3. The van der Waals surface area contributed by atoms with Crippen molar-refractivity contribution < 1.29 is 9.90 Å². The second-order valence-electron chi connectivity index (χ2n) is 6.07. The summed E-state index contributed by atoms with van der Waals surface area (Å²) in [5.74, 6) is -0.908. The molecule has 1 saturated heterocycles. The highest BCUT2D eigenvalue weighted by atomic mass is 16.4. The van der Waals surface area contributed by atoms with Crippen LogP contribution in [0.25, 0.3) is 6.08 Å². The van der Waals surface area contributed by atoms with Crippen molar-refractivity contribution in [3.05, 3.63) is 35.4 Å². The van der Waals surface area contributed by atoms with E-state index < -0.39 is 5.97 Å². The van der Waals surface area contributed by atoms with Crippen molar-refractivity contribution in [2.45, 2.75) is 27.2 Å². The lowest BCUT2D eigenvalue weighted by atomic mass is 9.93. The van der Waals surface area contributed by atoms with Gasteiger partial charge in [0.05, 0.1) is 0 Å². The minimum absolute atomic E-state index is 0.332. The Morgan fingerprint density at radius 3 is 2.74 bits per heavy atom. The van der Waals surface area contributed by atoms with E-state index >= 15 is 0 Å². The standard InChI is InChI=1S/C16H21NO2/c1-12-4-6-14(13(10-12)5-7-15(18)19)17-9-8-16(2,3)11-17/h4-7,10H,8-9,11H2,1-3H3,(H,18,19)/b7-5+. The number of aliphatic carboxylic acids is 1. The van der Waals surface area contributed by atoms with Crippen LogP contribution in [-0.4, -0.2) is 24.2 Å². The van der Waals surface area contributed by atoms with E-state index in [-0.39, 0.29) is 0 Å². The average Bonchev–Trinajstić information content (AvgIpc) is 2.67. The molecule has 3 heteroatoms. The maximum atomic E-state index is 10.7. The fourth-order valence-corrected chi connectivity index (χ4v) is 2.57. The summed E-state index contributed by atoms with van der Waals surface area (Å²) < 4.78 is 0. The Hall–Kier alpha value is -1.77. The first-order chi connectivity index (χ1) is 8.87. The molecule has 1 aromatic rings. The molecular formula is C16H21NO2. The van der Waals surface area contributed by atoms with Gasteiger partial charge in [0, 0.05) is 24.9 Å². The molecule has 1 aliphatic heterocycles. The van der Waals surface area contributed by atoms with Crippen LogP contribution in [0.5, 0.6) is 0 Å². The predicted octanol–water partition coefficient (Wildman–Crippen LogP) is 3.33. The molecule has 0 unspecified atom stereocenters. The van der Waals surface area contributed by atoms with Crippen LogP contribution in [-0.2, 0) is 4.79 Å². The molecule has 0 spiro atoms. The molecule has 0 atom stereocenters. The zero-order chi connectivity index (χ0) is 14.0. The fraction of sp³-hybridized carbons (Fsp3) is 0.438. The number of anilines is 1. The van der Waals surface area contributed by atoms with E-state index in [0.717, 1.165) is 29.9 Å². The number of carboxylic acids is 1. The van der Waals surface area contributed by atoms with Crippen LogP contribution in [0.15, 0.2) is 24.3 Å². The van der Waals surface area contributed by atoms with E-state index in [4.69, 9.17) is 5.11 Å². The molecule has 1 N–H and O–H groups in total. The summed E-state index contributed by atoms with van der Waals surface area (Å²) in [7, 11) is 0. The normalized spacial score (nSPS) is 18.2. The van der Waals surface area contributed by atoms with Gasteiger partial charge in [-0.15, -0.1) is 0 Å². The van der Waals surface area contributed by atoms with Crippen LogP contribution in [0.1, 0.15) is 31.4 Å². The van der Waals surface area contributed by atoms with E-state index in [9.17, 15) is 4.79 Å². The molecule has 3 nitrogen and oxygen atoms in total. The minimum Gasteiger partial charge on any atom is -0.478 e. The minimum atomic E-state index is -0.908. The third-order valence-electron chi connectivity index (χ3n) is 3.61. The Bertz CT molecular complexity index is 517. The Kier molecular flexibility index (Phi) is 3.65. The van der Waals surface area contributed by atoms with E-state index in [0.29, 0.717) is 5.41 Å². The van der Waals surface area contributed by atoms with Crippen molar-refractivity contribution in [1.82, 2.24) is 0 Å². The Labute approximate surface area is 114 Å². The van der Waals surface area contributed by atoms with Crippen LogP contribution in [0, 0.1) is 12.3 Å². The summed E-state index contributed by atoms with van der Waals surface area (Å²) in [5, 5.41) is 8.78. The first kappa shape index (κ1) is 13.7. The monoisotopic (exact) mass is 259 g/mol. The molecule has 0 aliphatic carbocycles. The van der Waals surface area contributed by atoms with Crippen molar-refractivity contribution in [3.63, 3.8) is 0 Å². The molecule has 2 rings (SSSR count). The van der Waals surface area contributed by atoms with Gasteiger partial charge in [-0.3, -0.25) is 0 Å². The molecule has 0 saturated carbocycles. The molecule has 1 heterocycles. The van der Waals surface area contributed by atoms with Crippen molar-refractivity contribution in [2.24, 2.45) is 5.41 Å². The van der Waals surface area contributed by atoms with Crippen LogP contribution < -0.4 is 4.90 Å². The van der Waals surface area contributed by atoms with Crippen molar-refractivity contribution >= 4 is 17.7 Å². The van der Waals surface area contributed by atoms with Gasteiger partial charge in [0.2, 0.25) is 0 Å². The summed E-state index contributed by atoms with van der Waals surface area (Å²) in [6.07, 6.45) is 4.07. The van der Waals surface area contributed by atoms with Crippen molar-refractivity contribution in [2.75, 3.05) is 18.0 Å². The molecule has 0 radical (unpaired) electrons. The van der Waals surface area contributed by atoms with Crippen LogP contribution in [0.4, 0.5) is 5.69 Å². The quantitative estimate of drug-likeness (QED) is 0.846. The zero-order valence-corrected chi connectivity index (χ0v) is 11.8. The maximum absolute atomic E-state index is 10.7. The number of carbonyl (C=O) groups is 1. The second kappa shape index (κ2) is 5.08. The molecular weight excluding hydrogens is 238 g/mol. The van der Waals surface area contributed by atoms with Gasteiger partial charge in [-0.2, -0.15) is 0 Å². The fourth-order valence-electron chi connectivity index (χ4n) is 2.57. The SMILES string of the molecule is Cc1ccc(N2CCC(C)(C)C2)c(/C=C/C(=O)O)c1. The maximum Gasteiger partial charge on any atom is 0.328 e. The Balaban J connectivity index is 2.32. The molecule has 1 fully saturated rings. The van der Waals surface area contributed by atoms with E-state index in [1.54, 1.807) is 6.08 Å². The molecule has 1 aliphatic rings. The summed E-state index contributed by atoms with van der Waals surface area (Å²) in [5.41, 5.74) is 3.60. The molecule has 0 amide bonds. The summed E-state index contributed by atoms with van der Waals surface area (Å²) in [6.45, 7) is 8.62. The highest BCUT2D eigenvalue weighted by Gasteiger charge is 2.29. The van der Waals surface area contributed by atoms with Crippen LogP contribution >= 0.6 is 0 Å². The summed E-state index contributed by atoms with van der Waals surface area (Å²) in [4.78, 5) is 13.0. The van der Waals surface area contributed by atoms with E-state index in [1.807, 2.05) is 13.0 Å². The lowest BCUT2D eigenvalue weighted by Gasteiger charge is -2.23. The van der Waals surface area contributed by atoms with Crippen LogP contribution in [0.3, 0.4) is 0 Å². The lowest BCUT2D eigenvalue weighted by molar-refractivity contribution is -0.131. The molecule has 102 valence electrons. The van der Waals surface area contributed by atoms with E-state index in [1.165, 1.54) is 12.5 Å². The topological polar surface area (TPSA) is 40.5 Å². The van der Waals surface area contributed by atoms with Crippen molar-refractivity contribution in [1.29, 1.82) is 0 Å². The first-order valence-electron chi connectivity index (χ1n) is 6.64. The highest BCUT2D eigenvalue weighted by molar-refractivity contribution is 5.87. The predicted molar refractivity (Wildman–Crippen MR) is 78.5 cm³/mol. The third-order valence-corrected chi connectivity index (χ3v) is 3.61. The number of carboxylic acid groups (broad SMARTS) is 1. The van der Waals surface area contributed by atoms with Gasteiger partial charge in [0.25, 0.3) is 0 Å². The summed E-state index contributed by atoms with van der Waals surface area (Å²) in [6, 6.07) is 6.22. The van der Waals surface area contributed by atoms with Gasteiger partial charge in [-0.05, 0) is 42.5 Å². The number of benzene rings is 1. The number of aryl methyl sites for hydroxylation is 1. The van der Waals surface area contributed by atoms with Crippen molar-refractivity contribution in [3.8, 4) is 0 Å². The highest BCUT2D eigenvalue weighted by Crippen LogP contribution is 2.34. The molecule has 19 heavy (non-hydrogen) atoms. The van der Waals surface area contributed by atoms with Crippen LogP contribution in [0.2, 0.25) is 0 Å². The van der Waals surface area contributed by atoms with Gasteiger partial charge in [0.1, 0.15) is 0 Å². The molecule has 1 aromatic carbocycles. The number of hydrogen-bond acceptors (Lipinski definition) is 2. The summed E-state index contributed by atoms with van der Waals surface area (Å²) >= 11 is 0. The zero-order valence-electron chi connectivity index (χ0n) is 11.8. The number of nitrogens with zero attached hydrogens (tertiary/aromatic N) is 1. The molecule has 0 aromatic heterocycles. The van der Waals surface area contributed by atoms with E-state index in [2.05, 4.69) is 30.9 Å². The number of hydrogen-bond donors (Lipinski definition) is 1. The Morgan fingerprint density at radius 1 is 1.42 bits per heavy atom. The van der Waals surface area contributed by atoms with Gasteiger partial charge >= 0.3 is 5.97 Å². The van der Waals surface area contributed by atoms with Gasteiger partial charge in [-0.25, -0.2) is 4.79 Å². The molecule has 0 bridgehead atoms.